The van der Waals surface area contributed by atoms with Crippen LogP contribution in [-0.2, 0) is 9.53 Å². The minimum Gasteiger partial charge on any atom is -0.489 e. The Kier molecular flexibility index (Phi) is 12.2. The molecule has 3 heterocycles. The van der Waals surface area contributed by atoms with Gasteiger partial charge in [0.25, 0.3) is 5.91 Å². The maximum Gasteiger partial charge on any atom is 0.339 e. The quantitative estimate of drug-likeness (QED) is 0.187. The second-order valence-electron chi connectivity index (χ2n) is 9.84. The molecule has 2 aliphatic rings. The van der Waals surface area contributed by atoms with E-state index in [4.69, 9.17) is 19.6 Å². The molecule has 3 rings (SSSR count). The molecule has 0 aliphatic carbocycles. The van der Waals surface area contributed by atoms with Gasteiger partial charge in [-0.2, -0.15) is 0 Å². The molecule has 0 saturated carbocycles. The molecule has 1 amide bonds. The number of carbonyl (C=O) groups excluding carboxylic acids is 1. The minimum atomic E-state index is -1.45. The number of nitrogens with two attached hydrogens (primary N) is 1. The monoisotopic (exact) mass is 562 g/mol. The Morgan fingerprint density at radius 3 is 2.87 bits per heavy atom. The van der Waals surface area contributed by atoms with Crippen LogP contribution in [-0.4, -0.2) is 97.6 Å². The molecule has 1 saturated heterocycles. The Labute approximate surface area is 234 Å². The molecule has 1 aromatic rings. The lowest BCUT2D eigenvalue weighted by Crippen LogP contribution is -2.54. The number of rotatable bonds is 15. The number of hydrogen-bond donors (Lipinski definition) is 2. The third kappa shape index (κ3) is 9.57. The zero-order valence-corrected chi connectivity index (χ0v) is 24.1. The van der Waals surface area contributed by atoms with Gasteiger partial charge >= 0.3 is 5.63 Å². The van der Waals surface area contributed by atoms with Gasteiger partial charge in [-0.25, -0.2) is 9.79 Å². The van der Waals surface area contributed by atoms with Gasteiger partial charge in [0, 0.05) is 44.5 Å². The van der Waals surface area contributed by atoms with Gasteiger partial charge < -0.3 is 29.0 Å². The fraction of sp³-hybridized carbons (Fsp3) is 0.630. The Morgan fingerprint density at radius 2 is 2.15 bits per heavy atom. The van der Waals surface area contributed by atoms with Gasteiger partial charge in [-0.1, -0.05) is 26.0 Å². The van der Waals surface area contributed by atoms with E-state index in [1.807, 2.05) is 13.8 Å². The highest BCUT2D eigenvalue weighted by Crippen LogP contribution is 2.27. The number of amides is 1. The summed E-state index contributed by atoms with van der Waals surface area (Å²) in [6.45, 7) is 14.0. The molecule has 11 nitrogen and oxygen atoms in total. The average molecular weight is 563 g/mol. The van der Waals surface area contributed by atoms with E-state index in [0.29, 0.717) is 35.3 Å². The first-order valence-corrected chi connectivity index (χ1v) is 14.4. The van der Waals surface area contributed by atoms with Gasteiger partial charge in [-0.3, -0.25) is 15.5 Å². The highest BCUT2D eigenvalue weighted by atomic mass is 32.2. The van der Waals surface area contributed by atoms with Crippen LogP contribution < -0.4 is 21.4 Å². The molecule has 0 bridgehead atoms. The normalized spacial score (nSPS) is 21.4. The van der Waals surface area contributed by atoms with E-state index < -0.39 is 23.2 Å². The van der Waals surface area contributed by atoms with Crippen molar-refractivity contribution in [1.82, 2.24) is 15.1 Å². The lowest BCUT2D eigenvalue weighted by atomic mass is 10.1. The summed E-state index contributed by atoms with van der Waals surface area (Å²) in [7, 11) is 2.15. The Morgan fingerprint density at radius 1 is 1.38 bits per heavy atom. The first-order chi connectivity index (χ1) is 18.7. The Bertz CT molecular complexity index is 1080. The largest absolute Gasteiger partial charge is 0.489 e. The van der Waals surface area contributed by atoms with Crippen molar-refractivity contribution in [2.45, 2.75) is 44.8 Å². The number of aliphatic imine (C=N–C) groups is 2. The van der Waals surface area contributed by atoms with Crippen molar-refractivity contribution >= 4 is 28.4 Å². The fourth-order valence-corrected chi connectivity index (χ4v) is 5.26. The molecule has 0 spiro atoms. The van der Waals surface area contributed by atoms with Crippen molar-refractivity contribution in [1.29, 1.82) is 0 Å². The van der Waals surface area contributed by atoms with Gasteiger partial charge in [-0.05, 0) is 26.8 Å². The zero-order valence-electron chi connectivity index (χ0n) is 23.3. The van der Waals surface area contributed by atoms with E-state index >= 15 is 0 Å². The van der Waals surface area contributed by atoms with Gasteiger partial charge in [0.2, 0.25) is 0 Å². The van der Waals surface area contributed by atoms with Crippen LogP contribution in [0.25, 0.3) is 0 Å². The molecular formula is C27H42N6O5S. The number of piperazine rings is 1. The number of ether oxygens (including phenoxy) is 2. The summed E-state index contributed by atoms with van der Waals surface area (Å²) < 4.78 is 16.6. The number of carbonyl (C=O) groups is 1. The topological polar surface area (TPSA) is 135 Å². The van der Waals surface area contributed by atoms with Crippen molar-refractivity contribution in [3.63, 3.8) is 0 Å². The molecule has 12 heteroatoms. The standard InChI is InChI=1S/C27H42N6O5S/c1-5-8-22(23-16-21(37-14-6-2)17-24(34)38-23)30-26(35)27(28)18-39-25(31-27)20(3)29-19-36-15-7-9-33-12-10-32(4)11-13-33/h6,16-17,22H,2,5,7-15,18-19,28H2,1,3-4H3,(H,30,35)/b29-20+/t22-,27+/m1/s1. The molecule has 0 radical (unpaired) electrons. The molecule has 3 N–H and O–H groups in total. The first-order valence-electron chi connectivity index (χ1n) is 13.5. The second-order valence-corrected chi connectivity index (χ2v) is 10.8. The van der Waals surface area contributed by atoms with E-state index in [0.717, 1.165) is 45.6 Å². The minimum absolute atomic E-state index is 0.236. The van der Waals surface area contributed by atoms with E-state index in [1.165, 1.54) is 17.8 Å². The second kappa shape index (κ2) is 15.3. The molecule has 1 aromatic heterocycles. The van der Waals surface area contributed by atoms with Crippen LogP contribution in [0.3, 0.4) is 0 Å². The van der Waals surface area contributed by atoms with Gasteiger partial charge in [0.15, 0.2) is 5.66 Å². The Hall–Kier alpha value is -2.51. The maximum atomic E-state index is 13.2. The van der Waals surface area contributed by atoms with E-state index in [9.17, 15) is 9.59 Å². The van der Waals surface area contributed by atoms with E-state index in [-0.39, 0.29) is 19.1 Å². The van der Waals surface area contributed by atoms with Crippen LogP contribution in [0.5, 0.6) is 5.75 Å². The third-order valence-electron chi connectivity index (χ3n) is 6.54. The van der Waals surface area contributed by atoms with Crippen LogP contribution in [0, 0.1) is 0 Å². The molecule has 1 fully saturated rings. The predicted octanol–water partition coefficient (Wildman–Crippen LogP) is 2.03. The Balaban J connectivity index is 1.53. The lowest BCUT2D eigenvalue weighted by Gasteiger charge is -2.32. The summed E-state index contributed by atoms with van der Waals surface area (Å²) in [4.78, 5) is 39.1. The van der Waals surface area contributed by atoms with Crippen LogP contribution in [0.1, 0.15) is 44.9 Å². The molecule has 2 atom stereocenters. The smallest absolute Gasteiger partial charge is 0.339 e. The van der Waals surface area contributed by atoms with E-state index in [2.05, 4.69) is 38.7 Å². The van der Waals surface area contributed by atoms with Crippen LogP contribution in [0.15, 0.2) is 44.0 Å². The lowest BCUT2D eigenvalue weighted by molar-refractivity contribution is -0.126. The number of hydrogen-bond acceptors (Lipinski definition) is 11. The van der Waals surface area contributed by atoms with Crippen LogP contribution >= 0.6 is 11.8 Å². The van der Waals surface area contributed by atoms with E-state index in [1.54, 1.807) is 12.1 Å². The zero-order chi connectivity index (χ0) is 28.3. The summed E-state index contributed by atoms with van der Waals surface area (Å²) >= 11 is 1.39. The van der Waals surface area contributed by atoms with Crippen molar-refractivity contribution in [2.24, 2.45) is 15.7 Å². The SMILES string of the molecule is C=CCOc1cc([C@@H](CCC)NC(=O)[C@]2(N)CSC(/C(C)=N/COCCCN3CCN(C)CC3)=N2)oc(=O)c1. The summed E-state index contributed by atoms with van der Waals surface area (Å²) in [5.41, 5.74) is 5.08. The number of thioether (sulfide) groups is 1. The van der Waals surface area contributed by atoms with Crippen molar-refractivity contribution < 1.29 is 18.7 Å². The molecule has 39 heavy (non-hydrogen) atoms. The predicted molar refractivity (Wildman–Crippen MR) is 156 cm³/mol. The highest BCUT2D eigenvalue weighted by Gasteiger charge is 2.40. The van der Waals surface area contributed by atoms with Crippen LogP contribution in [0.2, 0.25) is 0 Å². The van der Waals surface area contributed by atoms with Gasteiger partial charge in [0.05, 0.1) is 24.4 Å². The molecule has 0 unspecified atom stereocenters. The number of likely N-dealkylation sites (N-methyl/N-ethyl adjacent to an activating group) is 1. The van der Waals surface area contributed by atoms with Crippen molar-refractivity contribution in [2.75, 3.05) is 65.5 Å². The summed E-state index contributed by atoms with van der Waals surface area (Å²) in [6.07, 6.45) is 3.83. The molecular weight excluding hydrogens is 520 g/mol. The summed E-state index contributed by atoms with van der Waals surface area (Å²) in [6, 6.07) is 2.31. The molecule has 216 valence electrons. The maximum absolute atomic E-state index is 13.2. The van der Waals surface area contributed by atoms with Crippen molar-refractivity contribution in [3.05, 3.63) is 41.0 Å². The van der Waals surface area contributed by atoms with Crippen molar-refractivity contribution in [3.8, 4) is 5.75 Å². The number of nitrogens with one attached hydrogen (secondary N) is 1. The average Bonchev–Trinajstić information content (AvgIpc) is 3.33. The van der Waals surface area contributed by atoms with Gasteiger partial charge in [-0.15, -0.1) is 11.8 Å². The number of nitrogens with zero attached hydrogens (tertiary/aromatic N) is 4. The molecule has 2 aliphatic heterocycles. The first kappa shape index (κ1) is 31.0. The van der Waals surface area contributed by atoms with Gasteiger partial charge in [0.1, 0.15) is 29.9 Å². The highest BCUT2D eigenvalue weighted by molar-refractivity contribution is 8.16. The summed E-state index contributed by atoms with van der Waals surface area (Å²) in [5, 5.41) is 3.54. The third-order valence-corrected chi connectivity index (χ3v) is 7.79. The summed E-state index contributed by atoms with van der Waals surface area (Å²) in [5.74, 6) is 0.483. The van der Waals surface area contributed by atoms with Crippen LogP contribution in [0.4, 0.5) is 0 Å². The molecule has 0 aromatic carbocycles. The fourth-order valence-electron chi connectivity index (χ4n) is 4.20.